The van der Waals surface area contributed by atoms with E-state index in [1.807, 2.05) is 43.3 Å². The molecule has 0 saturated heterocycles. The number of hydrogen-bond acceptors (Lipinski definition) is 3. The average Bonchev–Trinajstić information content (AvgIpc) is 2.82. The maximum atomic E-state index is 5.79. The highest BCUT2D eigenvalue weighted by Gasteiger charge is 2.08. The molecule has 0 atom stereocenters. The van der Waals surface area contributed by atoms with Gasteiger partial charge in [-0.3, -0.25) is 5.43 Å². The fourth-order valence-corrected chi connectivity index (χ4v) is 2.20. The standard InChI is InChI=1S/C15H13N3OS/c1-9(17-18-15(16)20)10-6-7-14-12(8-10)11-4-2-3-5-13(11)19-14/h2-8H,1H3,(H3,16,18,20). The number of hydrazone groups is 1. The third kappa shape index (κ3) is 2.23. The first-order chi connectivity index (χ1) is 9.65. The zero-order valence-corrected chi connectivity index (χ0v) is 11.7. The van der Waals surface area contributed by atoms with Crippen LogP contribution in [0.3, 0.4) is 0 Å². The van der Waals surface area contributed by atoms with Crippen LogP contribution in [0, 0.1) is 0 Å². The molecule has 0 spiro atoms. The lowest BCUT2D eigenvalue weighted by atomic mass is 10.1. The fourth-order valence-electron chi connectivity index (χ4n) is 2.15. The van der Waals surface area contributed by atoms with E-state index in [-0.39, 0.29) is 5.11 Å². The second kappa shape index (κ2) is 4.94. The van der Waals surface area contributed by atoms with E-state index in [1.54, 1.807) is 0 Å². The van der Waals surface area contributed by atoms with Gasteiger partial charge in [-0.05, 0) is 49.0 Å². The SMILES string of the molecule is CC(=NNC(N)=S)c1ccc2oc3ccccc3c2c1. The molecule has 1 aromatic heterocycles. The maximum Gasteiger partial charge on any atom is 0.184 e. The summed E-state index contributed by atoms with van der Waals surface area (Å²) in [6.07, 6.45) is 0. The van der Waals surface area contributed by atoms with Crippen LogP contribution in [0.1, 0.15) is 12.5 Å². The lowest BCUT2D eigenvalue weighted by Gasteiger charge is -2.02. The number of thiocarbonyl (C=S) groups is 1. The van der Waals surface area contributed by atoms with Gasteiger partial charge in [0.15, 0.2) is 5.11 Å². The summed E-state index contributed by atoms with van der Waals surface area (Å²) in [6.45, 7) is 1.90. The Bertz CT molecular complexity index is 835. The Balaban J connectivity index is 2.12. The van der Waals surface area contributed by atoms with Crippen LogP contribution in [0.5, 0.6) is 0 Å². The Morgan fingerprint density at radius 3 is 2.70 bits per heavy atom. The van der Waals surface area contributed by atoms with Gasteiger partial charge in [0.2, 0.25) is 0 Å². The van der Waals surface area contributed by atoms with Gasteiger partial charge in [-0.15, -0.1) is 0 Å². The molecule has 20 heavy (non-hydrogen) atoms. The van der Waals surface area contributed by atoms with E-state index in [4.69, 9.17) is 22.4 Å². The van der Waals surface area contributed by atoms with Crippen molar-refractivity contribution in [2.75, 3.05) is 0 Å². The summed E-state index contributed by atoms with van der Waals surface area (Å²) in [7, 11) is 0. The number of fused-ring (bicyclic) bond motifs is 3. The molecule has 0 radical (unpaired) electrons. The number of nitrogens with one attached hydrogen (secondary N) is 1. The second-order valence-electron chi connectivity index (χ2n) is 4.48. The van der Waals surface area contributed by atoms with Crippen LogP contribution in [-0.4, -0.2) is 10.8 Å². The molecule has 100 valence electrons. The molecule has 4 nitrogen and oxygen atoms in total. The number of benzene rings is 2. The van der Waals surface area contributed by atoms with Crippen molar-refractivity contribution in [1.29, 1.82) is 0 Å². The number of nitrogens with two attached hydrogens (primary N) is 1. The molecule has 2 aromatic carbocycles. The zero-order valence-electron chi connectivity index (χ0n) is 10.9. The highest BCUT2D eigenvalue weighted by atomic mass is 32.1. The van der Waals surface area contributed by atoms with Crippen LogP contribution in [0.15, 0.2) is 52.0 Å². The van der Waals surface area contributed by atoms with Gasteiger partial charge in [-0.1, -0.05) is 18.2 Å². The number of furan rings is 1. The number of nitrogens with zero attached hydrogens (tertiary/aromatic N) is 1. The number of rotatable bonds is 2. The summed E-state index contributed by atoms with van der Waals surface area (Å²) >= 11 is 4.73. The van der Waals surface area contributed by atoms with Crippen LogP contribution < -0.4 is 11.2 Å². The minimum atomic E-state index is 0.152. The Kier molecular flexibility index (Phi) is 3.12. The van der Waals surface area contributed by atoms with Crippen molar-refractivity contribution < 1.29 is 4.42 Å². The molecule has 0 amide bonds. The third-order valence-corrected chi connectivity index (χ3v) is 3.22. The molecule has 3 N–H and O–H groups in total. The number of para-hydroxylation sites is 1. The molecule has 1 heterocycles. The van der Waals surface area contributed by atoms with E-state index in [2.05, 4.69) is 16.6 Å². The quantitative estimate of drug-likeness (QED) is 0.431. The van der Waals surface area contributed by atoms with Crippen LogP contribution in [0.4, 0.5) is 0 Å². The topological polar surface area (TPSA) is 63.5 Å². The van der Waals surface area contributed by atoms with Crippen molar-refractivity contribution in [3.63, 3.8) is 0 Å². The number of hydrogen-bond donors (Lipinski definition) is 2. The summed E-state index contributed by atoms with van der Waals surface area (Å²) in [5.41, 5.74) is 11.5. The van der Waals surface area contributed by atoms with Crippen LogP contribution >= 0.6 is 12.2 Å². The summed E-state index contributed by atoms with van der Waals surface area (Å²) in [5, 5.41) is 6.46. The molecule has 3 rings (SSSR count). The van der Waals surface area contributed by atoms with Gasteiger partial charge in [-0.2, -0.15) is 5.10 Å². The summed E-state index contributed by atoms with van der Waals surface area (Å²) in [6, 6.07) is 13.9. The molecule has 0 aliphatic heterocycles. The Labute approximate surface area is 121 Å². The molecule has 0 aliphatic rings. The average molecular weight is 283 g/mol. The smallest absolute Gasteiger partial charge is 0.184 e. The van der Waals surface area contributed by atoms with Crippen molar-refractivity contribution in [3.05, 3.63) is 48.0 Å². The van der Waals surface area contributed by atoms with Gasteiger partial charge in [-0.25, -0.2) is 0 Å². The first-order valence-electron chi connectivity index (χ1n) is 6.16. The van der Waals surface area contributed by atoms with E-state index in [0.29, 0.717) is 0 Å². The van der Waals surface area contributed by atoms with Crippen molar-refractivity contribution in [2.24, 2.45) is 10.8 Å². The van der Waals surface area contributed by atoms with Crippen LogP contribution in [0.25, 0.3) is 21.9 Å². The first-order valence-corrected chi connectivity index (χ1v) is 6.57. The van der Waals surface area contributed by atoms with E-state index in [1.165, 1.54) is 0 Å². The van der Waals surface area contributed by atoms with Gasteiger partial charge < -0.3 is 10.2 Å². The van der Waals surface area contributed by atoms with Crippen molar-refractivity contribution in [1.82, 2.24) is 5.43 Å². The lowest BCUT2D eigenvalue weighted by Crippen LogP contribution is -2.25. The minimum Gasteiger partial charge on any atom is -0.456 e. The molecule has 0 aliphatic carbocycles. The largest absolute Gasteiger partial charge is 0.456 e. The Morgan fingerprint density at radius 1 is 1.15 bits per heavy atom. The van der Waals surface area contributed by atoms with Crippen molar-refractivity contribution in [3.8, 4) is 0 Å². The monoisotopic (exact) mass is 283 g/mol. The third-order valence-electron chi connectivity index (χ3n) is 3.13. The Hall–Kier alpha value is -2.40. The molecular formula is C15H13N3OS. The van der Waals surface area contributed by atoms with Gasteiger partial charge in [0, 0.05) is 10.8 Å². The first kappa shape index (κ1) is 12.6. The van der Waals surface area contributed by atoms with Crippen LogP contribution in [0.2, 0.25) is 0 Å². The molecule has 0 fully saturated rings. The van der Waals surface area contributed by atoms with Gasteiger partial charge in [0.05, 0.1) is 5.71 Å². The van der Waals surface area contributed by atoms with Gasteiger partial charge >= 0.3 is 0 Å². The lowest BCUT2D eigenvalue weighted by molar-refractivity contribution is 0.669. The second-order valence-corrected chi connectivity index (χ2v) is 4.92. The van der Waals surface area contributed by atoms with Crippen molar-refractivity contribution >= 4 is 45.0 Å². The fraction of sp³-hybridized carbons (Fsp3) is 0.0667. The van der Waals surface area contributed by atoms with Crippen LogP contribution in [-0.2, 0) is 0 Å². The normalized spacial score (nSPS) is 11.9. The van der Waals surface area contributed by atoms with E-state index < -0.39 is 0 Å². The molecule has 5 heteroatoms. The molecule has 0 saturated carbocycles. The predicted octanol–water partition coefficient (Wildman–Crippen LogP) is 3.14. The highest BCUT2D eigenvalue weighted by Crippen LogP contribution is 2.29. The van der Waals surface area contributed by atoms with Crippen molar-refractivity contribution in [2.45, 2.75) is 6.92 Å². The van der Waals surface area contributed by atoms with E-state index >= 15 is 0 Å². The minimum absolute atomic E-state index is 0.152. The summed E-state index contributed by atoms with van der Waals surface area (Å²) in [4.78, 5) is 0. The van der Waals surface area contributed by atoms with E-state index in [0.717, 1.165) is 33.2 Å². The molecule has 3 aromatic rings. The molecule has 0 bridgehead atoms. The van der Waals surface area contributed by atoms with Gasteiger partial charge in [0.25, 0.3) is 0 Å². The maximum absolute atomic E-state index is 5.79. The molecule has 0 unspecified atom stereocenters. The highest BCUT2D eigenvalue weighted by molar-refractivity contribution is 7.80. The van der Waals surface area contributed by atoms with E-state index in [9.17, 15) is 0 Å². The zero-order chi connectivity index (χ0) is 14.1. The predicted molar refractivity (Wildman–Crippen MR) is 85.9 cm³/mol. The summed E-state index contributed by atoms with van der Waals surface area (Å²) < 4.78 is 5.79. The van der Waals surface area contributed by atoms with Gasteiger partial charge in [0.1, 0.15) is 11.2 Å². The Morgan fingerprint density at radius 2 is 1.90 bits per heavy atom. The molecular weight excluding hydrogens is 270 g/mol. The summed E-state index contributed by atoms with van der Waals surface area (Å²) in [5.74, 6) is 0.